The molecule has 0 atom stereocenters. The van der Waals surface area contributed by atoms with E-state index in [-0.39, 0.29) is 12.3 Å². The molecule has 3 aromatic heterocycles. The molecule has 0 aliphatic carbocycles. The van der Waals surface area contributed by atoms with Crippen molar-refractivity contribution in [1.82, 2.24) is 14.4 Å². The molecule has 0 radical (unpaired) electrons. The number of carbonyl (C=O) groups excluding carboxylic acids is 1. The number of nitrogens with zero attached hydrogens (tertiary/aromatic N) is 3. The van der Waals surface area contributed by atoms with E-state index in [1.807, 2.05) is 59.1 Å². The van der Waals surface area contributed by atoms with Crippen molar-refractivity contribution in [2.75, 3.05) is 0 Å². The van der Waals surface area contributed by atoms with Crippen LogP contribution in [0.15, 0.2) is 77.5 Å². The van der Waals surface area contributed by atoms with Crippen LogP contribution in [0.2, 0.25) is 0 Å². The van der Waals surface area contributed by atoms with E-state index in [0.29, 0.717) is 11.5 Å². The Morgan fingerprint density at radius 3 is 2.73 bits per heavy atom. The van der Waals surface area contributed by atoms with Gasteiger partial charge in [0.05, 0.1) is 11.7 Å². The van der Waals surface area contributed by atoms with Gasteiger partial charge in [-0.3, -0.25) is 4.40 Å². The quantitative estimate of drug-likeness (QED) is 0.466. The standard InChI is InChI=1S/C20H14BrN3O2/c21-15-9-10-16-11-22-19(24(16)12-15)17-7-4-8-18(23-17)20(25)26-13-14-5-2-1-3-6-14/h1-12H,13H2. The maximum absolute atomic E-state index is 12.3. The van der Waals surface area contributed by atoms with Crippen molar-refractivity contribution in [3.8, 4) is 11.5 Å². The third-order valence-electron chi connectivity index (χ3n) is 3.89. The number of halogens is 1. The number of fused-ring (bicyclic) bond motifs is 1. The number of imidazole rings is 1. The van der Waals surface area contributed by atoms with E-state index in [0.717, 1.165) is 15.6 Å². The molecular weight excluding hydrogens is 394 g/mol. The number of hydrogen-bond acceptors (Lipinski definition) is 4. The Labute approximate surface area is 158 Å². The number of hydrogen-bond donors (Lipinski definition) is 0. The molecule has 0 saturated heterocycles. The normalized spacial score (nSPS) is 10.8. The summed E-state index contributed by atoms with van der Waals surface area (Å²) >= 11 is 3.46. The topological polar surface area (TPSA) is 56.5 Å². The van der Waals surface area contributed by atoms with Gasteiger partial charge in [0.25, 0.3) is 0 Å². The average molecular weight is 408 g/mol. The van der Waals surface area contributed by atoms with Gasteiger partial charge in [0.15, 0.2) is 5.82 Å². The molecule has 5 nitrogen and oxygen atoms in total. The van der Waals surface area contributed by atoms with Gasteiger partial charge in [-0.1, -0.05) is 36.4 Å². The van der Waals surface area contributed by atoms with E-state index in [9.17, 15) is 4.79 Å². The summed E-state index contributed by atoms with van der Waals surface area (Å²) in [5.74, 6) is 0.205. The van der Waals surface area contributed by atoms with Crippen LogP contribution in [-0.4, -0.2) is 20.3 Å². The fourth-order valence-electron chi connectivity index (χ4n) is 2.62. The first-order valence-electron chi connectivity index (χ1n) is 8.02. The molecule has 3 heterocycles. The van der Waals surface area contributed by atoms with Crippen molar-refractivity contribution in [3.63, 3.8) is 0 Å². The van der Waals surface area contributed by atoms with Gasteiger partial charge >= 0.3 is 5.97 Å². The first-order valence-corrected chi connectivity index (χ1v) is 8.81. The molecule has 4 rings (SSSR count). The molecular formula is C20H14BrN3O2. The molecule has 0 bridgehead atoms. The van der Waals surface area contributed by atoms with Gasteiger partial charge in [0.2, 0.25) is 0 Å². The first-order chi connectivity index (χ1) is 12.7. The Bertz CT molecular complexity index is 1080. The highest BCUT2D eigenvalue weighted by molar-refractivity contribution is 9.10. The zero-order chi connectivity index (χ0) is 17.9. The summed E-state index contributed by atoms with van der Waals surface area (Å²) in [6.45, 7) is 0.213. The molecule has 128 valence electrons. The number of ether oxygens (including phenoxy) is 1. The second kappa shape index (κ2) is 7.09. The van der Waals surface area contributed by atoms with Crippen LogP contribution in [0.25, 0.3) is 17.0 Å². The van der Waals surface area contributed by atoms with E-state index < -0.39 is 5.97 Å². The molecule has 26 heavy (non-hydrogen) atoms. The van der Waals surface area contributed by atoms with Crippen molar-refractivity contribution in [3.05, 3.63) is 88.8 Å². The highest BCUT2D eigenvalue weighted by atomic mass is 79.9. The minimum atomic E-state index is -0.460. The predicted molar refractivity (Wildman–Crippen MR) is 102 cm³/mol. The van der Waals surface area contributed by atoms with E-state index in [1.54, 1.807) is 18.3 Å². The van der Waals surface area contributed by atoms with Gasteiger partial charge in [0, 0.05) is 10.7 Å². The smallest absolute Gasteiger partial charge is 0.357 e. The summed E-state index contributed by atoms with van der Waals surface area (Å²) in [5, 5.41) is 0. The molecule has 4 aromatic rings. The molecule has 0 aliphatic rings. The summed E-state index contributed by atoms with van der Waals surface area (Å²) in [5.41, 5.74) is 2.74. The first kappa shape index (κ1) is 16.5. The zero-order valence-electron chi connectivity index (χ0n) is 13.7. The fourth-order valence-corrected chi connectivity index (χ4v) is 2.96. The third-order valence-corrected chi connectivity index (χ3v) is 4.36. The lowest BCUT2D eigenvalue weighted by Crippen LogP contribution is -2.08. The highest BCUT2D eigenvalue weighted by Crippen LogP contribution is 2.21. The average Bonchev–Trinajstić information content (AvgIpc) is 3.10. The molecule has 0 saturated carbocycles. The monoisotopic (exact) mass is 407 g/mol. The van der Waals surface area contributed by atoms with Crippen LogP contribution in [0.3, 0.4) is 0 Å². The maximum Gasteiger partial charge on any atom is 0.357 e. The van der Waals surface area contributed by atoms with E-state index in [1.165, 1.54) is 0 Å². The number of benzene rings is 1. The molecule has 1 aromatic carbocycles. The molecule has 0 amide bonds. The zero-order valence-corrected chi connectivity index (χ0v) is 15.3. The van der Waals surface area contributed by atoms with Crippen molar-refractivity contribution in [2.45, 2.75) is 6.61 Å². The largest absolute Gasteiger partial charge is 0.456 e. The minimum Gasteiger partial charge on any atom is -0.456 e. The SMILES string of the molecule is O=C(OCc1ccccc1)c1cccc(-c2ncc3ccc(Br)cn23)n1. The number of aromatic nitrogens is 3. The van der Waals surface area contributed by atoms with Gasteiger partial charge in [-0.05, 0) is 45.8 Å². The number of carbonyl (C=O) groups is 1. The lowest BCUT2D eigenvalue weighted by atomic mass is 10.2. The second-order valence-corrected chi connectivity index (χ2v) is 6.61. The summed E-state index contributed by atoms with van der Waals surface area (Å²) < 4.78 is 8.21. The summed E-state index contributed by atoms with van der Waals surface area (Å²) in [7, 11) is 0. The fraction of sp³-hybridized carbons (Fsp3) is 0.0500. The van der Waals surface area contributed by atoms with E-state index in [2.05, 4.69) is 25.9 Å². The number of pyridine rings is 2. The highest BCUT2D eigenvalue weighted by Gasteiger charge is 2.13. The summed E-state index contributed by atoms with van der Waals surface area (Å²) in [6, 6.07) is 18.7. The molecule has 0 fully saturated rings. The van der Waals surface area contributed by atoms with Gasteiger partial charge < -0.3 is 4.74 Å². The van der Waals surface area contributed by atoms with Crippen LogP contribution < -0.4 is 0 Å². The molecule has 6 heteroatoms. The Kier molecular flexibility index (Phi) is 4.50. The second-order valence-electron chi connectivity index (χ2n) is 5.69. The summed E-state index contributed by atoms with van der Waals surface area (Å²) in [4.78, 5) is 21.2. The van der Waals surface area contributed by atoms with Crippen LogP contribution >= 0.6 is 15.9 Å². The van der Waals surface area contributed by atoms with Crippen molar-refractivity contribution >= 4 is 27.4 Å². The van der Waals surface area contributed by atoms with Crippen molar-refractivity contribution < 1.29 is 9.53 Å². The van der Waals surface area contributed by atoms with Crippen molar-refractivity contribution in [1.29, 1.82) is 0 Å². The van der Waals surface area contributed by atoms with Crippen LogP contribution in [-0.2, 0) is 11.3 Å². The van der Waals surface area contributed by atoms with Crippen LogP contribution in [0.5, 0.6) is 0 Å². The lowest BCUT2D eigenvalue weighted by molar-refractivity contribution is 0.0466. The van der Waals surface area contributed by atoms with Gasteiger partial charge in [-0.15, -0.1) is 0 Å². The van der Waals surface area contributed by atoms with Crippen LogP contribution in [0, 0.1) is 0 Å². The van der Waals surface area contributed by atoms with Crippen LogP contribution in [0.1, 0.15) is 16.1 Å². The molecule has 0 aliphatic heterocycles. The molecule has 0 spiro atoms. The Balaban J connectivity index is 1.60. The van der Waals surface area contributed by atoms with Gasteiger partial charge in [-0.25, -0.2) is 14.8 Å². The number of esters is 1. The third kappa shape index (κ3) is 3.36. The van der Waals surface area contributed by atoms with Gasteiger partial charge in [0.1, 0.15) is 18.0 Å². The summed E-state index contributed by atoms with van der Waals surface area (Å²) in [6.07, 6.45) is 3.68. The Morgan fingerprint density at radius 1 is 1.04 bits per heavy atom. The minimum absolute atomic E-state index is 0.213. The number of rotatable bonds is 4. The van der Waals surface area contributed by atoms with Crippen molar-refractivity contribution in [2.24, 2.45) is 0 Å². The lowest BCUT2D eigenvalue weighted by Gasteiger charge is -2.06. The Morgan fingerprint density at radius 2 is 1.88 bits per heavy atom. The van der Waals surface area contributed by atoms with E-state index in [4.69, 9.17) is 4.74 Å². The molecule has 0 N–H and O–H groups in total. The maximum atomic E-state index is 12.3. The van der Waals surface area contributed by atoms with Gasteiger partial charge in [-0.2, -0.15) is 0 Å². The Hall–Kier alpha value is -2.99. The van der Waals surface area contributed by atoms with Crippen LogP contribution in [0.4, 0.5) is 0 Å². The molecule has 0 unspecified atom stereocenters. The predicted octanol–water partition coefficient (Wildman–Crippen LogP) is 4.52. The van der Waals surface area contributed by atoms with E-state index >= 15 is 0 Å².